The quantitative estimate of drug-likeness (QED) is 0.498. The third-order valence-electron chi connectivity index (χ3n) is 5.14. The summed E-state index contributed by atoms with van der Waals surface area (Å²) in [7, 11) is 0. The number of amides is 2. The fourth-order valence-corrected chi connectivity index (χ4v) is 3.85. The zero-order valence-electron chi connectivity index (χ0n) is 18.5. The van der Waals surface area contributed by atoms with Gasteiger partial charge in [0.05, 0.1) is 6.42 Å². The van der Waals surface area contributed by atoms with Gasteiger partial charge in [-0.15, -0.1) is 0 Å². The van der Waals surface area contributed by atoms with Gasteiger partial charge in [-0.3, -0.25) is 9.59 Å². The molecule has 3 aromatic rings. The summed E-state index contributed by atoms with van der Waals surface area (Å²) < 4.78 is 0. The standard InChI is InChI=1S/C27H29ClN2O2/c1-20(2)29-27(32)25(17-21-10-5-3-6-11-21)30(19-22-12-7-4-8-13-22)26(31)18-23-14-9-15-24(28)16-23/h3-16,20,25H,17-19H2,1-2H3,(H,29,32)/t25-/m0/s1. The fourth-order valence-electron chi connectivity index (χ4n) is 3.64. The zero-order valence-corrected chi connectivity index (χ0v) is 19.3. The van der Waals surface area contributed by atoms with Crippen molar-refractivity contribution in [3.63, 3.8) is 0 Å². The average molecular weight is 449 g/mol. The van der Waals surface area contributed by atoms with Crippen molar-refractivity contribution >= 4 is 23.4 Å². The molecular weight excluding hydrogens is 420 g/mol. The van der Waals surface area contributed by atoms with E-state index in [9.17, 15) is 9.59 Å². The molecule has 0 fully saturated rings. The molecule has 0 radical (unpaired) electrons. The van der Waals surface area contributed by atoms with Crippen LogP contribution < -0.4 is 5.32 Å². The van der Waals surface area contributed by atoms with Crippen LogP contribution in [0, 0.1) is 0 Å². The number of hydrogen-bond donors (Lipinski definition) is 1. The van der Waals surface area contributed by atoms with Crippen molar-refractivity contribution in [2.45, 2.75) is 45.3 Å². The normalized spacial score (nSPS) is 11.8. The monoisotopic (exact) mass is 448 g/mol. The van der Waals surface area contributed by atoms with Crippen LogP contribution in [0.2, 0.25) is 5.02 Å². The van der Waals surface area contributed by atoms with Gasteiger partial charge in [0.15, 0.2) is 0 Å². The van der Waals surface area contributed by atoms with Crippen LogP contribution in [0.15, 0.2) is 84.9 Å². The van der Waals surface area contributed by atoms with Gasteiger partial charge in [0.1, 0.15) is 6.04 Å². The molecule has 1 atom stereocenters. The van der Waals surface area contributed by atoms with E-state index in [1.165, 1.54) is 0 Å². The van der Waals surface area contributed by atoms with E-state index in [1.807, 2.05) is 86.6 Å². The van der Waals surface area contributed by atoms with Gasteiger partial charge in [-0.2, -0.15) is 0 Å². The number of nitrogens with zero attached hydrogens (tertiary/aromatic N) is 1. The van der Waals surface area contributed by atoms with Gasteiger partial charge in [-0.25, -0.2) is 0 Å². The van der Waals surface area contributed by atoms with Crippen LogP contribution in [-0.4, -0.2) is 28.8 Å². The predicted octanol–water partition coefficient (Wildman–Crippen LogP) is 5.05. The summed E-state index contributed by atoms with van der Waals surface area (Å²) in [6.45, 7) is 4.20. The molecule has 2 amide bonds. The summed E-state index contributed by atoms with van der Waals surface area (Å²) in [6, 6.07) is 26.2. The van der Waals surface area contributed by atoms with Crippen LogP contribution in [0.1, 0.15) is 30.5 Å². The Morgan fingerprint density at radius 2 is 1.44 bits per heavy atom. The second kappa shape index (κ2) is 11.5. The smallest absolute Gasteiger partial charge is 0.243 e. The lowest BCUT2D eigenvalue weighted by Gasteiger charge is -2.32. The van der Waals surface area contributed by atoms with E-state index in [-0.39, 0.29) is 24.3 Å². The Hall–Kier alpha value is -3.11. The maximum absolute atomic E-state index is 13.6. The fraction of sp³-hybridized carbons (Fsp3) is 0.259. The molecule has 0 saturated heterocycles. The van der Waals surface area contributed by atoms with Crippen LogP contribution in [0.4, 0.5) is 0 Å². The summed E-state index contributed by atoms with van der Waals surface area (Å²) in [5, 5.41) is 3.59. The SMILES string of the molecule is CC(C)NC(=O)[C@H](Cc1ccccc1)N(Cc1ccccc1)C(=O)Cc1cccc(Cl)c1. The first-order valence-corrected chi connectivity index (χ1v) is 11.2. The lowest BCUT2D eigenvalue weighted by Crippen LogP contribution is -2.52. The van der Waals surface area contributed by atoms with Crippen molar-refractivity contribution in [3.8, 4) is 0 Å². The zero-order chi connectivity index (χ0) is 22.9. The first-order chi connectivity index (χ1) is 15.4. The third-order valence-corrected chi connectivity index (χ3v) is 5.38. The van der Waals surface area contributed by atoms with Crippen LogP contribution in [-0.2, 0) is 29.0 Å². The predicted molar refractivity (Wildman–Crippen MR) is 129 cm³/mol. The molecule has 166 valence electrons. The summed E-state index contributed by atoms with van der Waals surface area (Å²) in [6.07, 6.45) is 0.612. The van der Waals surface area contributed by atoms with Crippen molar-refractivity contribution in [1.82, 2.24) is 10.2 Å². The number of rotatable bonds is 9. The molecule has 0 saturated carbocycles. The minimum absolute atomic E-state index is 0.0256. The Morgan fingerprint density at radius 1 is 0.844 bits per heavy atom. The first kappa shape index (κ1) is 23.6. The van der Waals surface area contributed by atoms with Gasteiger partial charge in [-0.1, -0.05) is 84.4 Å². The second-order valence-electron chi connectivity index (χ2n) is 8.18. The molecule has 0 aliphatic rings. The van der Waals surface area contributed by atoms with Gasteiger partial charge in [0.2, 0.25) is 11.8 Å². The van der Waals surface area contributed by atoms with Crippen molar-refractivity contribution < 1.29 is 9.59 Å². The highest BCUT2D eigenvalue weighted by Crippen LogP contribution is 2.18. The molecule has 0 aliphatic carbocycles. The summed E-state index contributed by atoms with van der Waals surface area (Å²) >= 11 is 6.13. The Bertz CT molecular complexity index is 1020. The van der Waals surface area contributed by atoms with Gasteiger partial charge in [0.25, 0.3) is 0 Å². The largest absolute Gasteiger partial charge is 0.352 e. The first-order valence-electron chi connectivity index (χ1n) is 10.8. The molecule has 0 spiro atoms. The van der Waals surface area contributed by atoms with Gasteiger partial charge >= 0.3 is 0 Å². The lowest BCUT2D eigenvalue weighted by atomic mass is 10.0. The number of nitrogens with one attached hydrogen (secondary N) is 1. The number of benzene rings is 3. The lowest BCUT2D eigenvalue weighted by molar-refractivity contribution is -0.141. The molecule has 3 rings (SSSR count). The highest BCUT2D eigenvalue weighted by atomic mass is 35.5. The molecule has 0 bridgehead atoms. The minimum atomic E-state index is -0.633. The van der Waals surface area contributed by atoms with E-state index in [0.29, 0.717) is 18.0 Å². The van der Waals surface area contributed by atoms with Crippen LogP contribution >= 0.6 is 11.6 Å². The molecular formula is C27H29ClN2O2. The van der Waals surface area contributed by atoms with Crippen LogP contribution in [0.3, 0.4) is 0 Å². The molecule has 3 aromatic carbocycles. The van der Waals surface area contributed by atoms with Gasteiger partial charge < -0.3 is 10.2 Å². The van der Waals surface area contributed by atoms with Crippen LogP contribution in [0.5, 0.6) is 0 Å². The average Bonchev–Trinajstić information content (AvgIpc) is 2.77. The molecule has 0 heterocycles. The number of carbonyl (C=O) groups excluding carboxylic acids is 2. The Labute approximate surface area is 195 Å². The molecule has 0 unspecified atom stereocenters. The summed E-state index contributed by atoms with van der Waals surface area (Å²) in [5.41, 5.74) is 2.80. The van der Waals surface area contributed by atoms with Crippen LogP contribution in [0.25, 0.3) is 0 Å². The summed E-state index contributed by atoms with van der Waals surface area (Å²) in [5.74, 6) is -0.268. The maximum Gasteiger partial charge on any atom is 0.243 e. The minimum Gasteiger partial charge on any atom is -0.352 e. The summed E-state index contributed by atoms with van der Waals surface area (Å²) in [4.78, 5) is 28.5. The molecule has 4 nitrogen and oxygen atoms in total. The molecule has 1 N–H and O–H groups in total. The van der Waals surface area contributed by atoms with Gasteiger partial charge in [0, 0.05) is 24.0 Å². The third kappa shape index (κ3) is 6.96. The topological polar surface area (TPSA) is 49.4 Å². The van der Waals surface area contributed by atoms with E-state index < -0.39 is 6.04 Å². The van der Waals surface area contributed by atoms with Crippen molar-refractivity contribution in [3.05, 3.63) is 107 Å². The number of hydrogen-bond acceptors (Lipinski definition) is 2. The Balaban J connectivity index is 1.95. The highest BCUT2D eigenvalue weighted by molar-refractivity contribution is 6.30. The van der Waals surface area contributed by atoms with E-state index in [1.54, 1.807) is 17.0 Å². The van der Waals surface area contributed by atoms with E-state index in [2.05, 4.69) is 5.32 Å². The molecule has 5 heteroatoms. The van der Waals surface area contributed by atoms with Crippen molar-refractivity contribution in [2.24, 2.45) is 0 Å². The van der Waals surface area contributed by atoms with Crippen molar-refractivity contribution in [2.75, 3.05) is 0 Å². The van der Waals surface area contributed by atoms with E-state index in [4.69, 9.17) is 11.6 Å². The Kier molecular flexibility index (Phi) is 8.46. The van der Waals surface area contributed by atoms with E-state index >= 15 is 0 Å². The Morgan fingerprint density at radius 3 is 2.03 bits per heavy atom. The highest BCUT2D eigenvalue weighted by Gasteiger charge is 2.30. The number of halogens is 1. The van der Waals surface area contributed by atoms with Gasteiger partial charge in [-0.05, 0) is 42.7 Å². The van der Waals surface area contributed by atoms with Crippen molar-refractivity contribution in [1.29, 1.82) is 0 Å². The molecule has 0 aromatic heterocycles. The second-order valence-corrected chi connectivity index (χ2v) is 8.62. The molecule has 0 aliphatic heterocycles. The van der Waals surface area contributed by atoms with E-state index in [0.717, 1.165) is 16.7 Å². The molecule has 32 heavy (non-hydrogen) atoms. The number of carbonyl (C=O) groups is 2. The maximum atomic E-state index is 13.6.